The Balaban J connectivity index is 2.04. The van der Waals surface area contributed by atoms with Crippen molar-refractivity contribution in [3.8, 4) is 0 Å². The second-order valence-corrected chi connectivity index (χ2v) is 4.91. The first-order valence-corrected chi connectivity index (χ1v) is 6.30. The second-order valence-electron chi connectivity index (χ2n) is 3.88. The number of amides is 1. The van der Waals surface area contributed by atoms with Crippen molar-refractivity contribution >= 4 is 27.5 Å². The highest BCUT2D eigenvalue weighted by Crippen LogP contribution is 2.21. The summed E-state index contributed by atoms with van der Waals surface area (Å²) in [5, 5.41) is 12.3. The van der Waals surface area contributed by atoms with E-state index in [-0.39, 0.29) is 5.91 Å². The number of hydrogen-bond donors (Lipinski definition) is 2. The number of carbonyl (C=O) groups excluding carboxylic acids is 1. The van der Waals surface area contributed by atoms with Crippen LogP contribution in [0.3, 0.4) is 0 Å². The standard InChI is InChI=1S/C12H14N2O2S/c1-8(15)6-7-13-11(16)12-14-9-4-2-3-5-10(9)17-12/h2-5,8,15H,6-7H2,1H3,(H,13,16). The molecule has 4 nitrogen and oxygen atoms in total. The van der Waals surface area contributed by atoms with Crippen LogP contribution in [0.15, 0.2) is 24.3 Å². The van der Waals surface area contributed by atoms with Gasteiger partial charge in [0.1, 0.15) is 0 Å². The summed E-state index contributed by atoms with van der Waals surface area (Å²) in [6, 6.07) is 7.66. The molecule has 0 saturated carbocycles. The van der Waals surface area contributed by atoms with Crippen LogP contribution in [0.25, 0.3) is 10.2 Å². The van der Waals surface area contributed by atoms with Gasteiger partial charge in [-0.15, -0.1) is 11.3 Å². The van der Waals surface area contributed by atoms with Gasteiger partial charge in [-0.2, -0.15) is 0 Å². The molecule has 0 spiro atoms. The quantitative estimate of drug-likeness (QED) is 0.869. The van der Waals surface area contributed by atoms with E-state index in [1.54, 1.807) is 6.92 Å². The topological polar surface area (TPSA) is 62.2 Å². The number of rotatable bonds is 4. The molecule has 1 aromatic carbocycles. The number of carbonyl (C=O) groups is 1. The van der Waals surface area contributed by atoms with E-state index in [0.717, 1.165) is 10.2 Å². The highest BCUT2D eigenvalue weighted by Gasteiger charge is 2.11. The van der Waals surface area contributed by atoms with E-state index in [2.05, 4.69) is 10.3 Å². The van der Waals surface area contributed by atoms with Crippen molar-refractivity contribution in [1.82, 2.24) is 10.3 Å². The number of aliphatic hydroxyl groups is 1. The third-order valence-corrected chi connectivity index (χ3v) is 3.37. The SMILES string of the molecule is CC(O)CCNC(=O)c1nc2ccccc2s1. The molecule has 0 aliphatic rings. The largest absolute Gasteiger partial charge is 0.393 e. The molecule has 0 aliphatic carbocycles. The minimum Gasteiger partial charge on any atom is -0.393 e. The molecule has 5 heteroatoms. The zero-order valence-corrected chi connectivity index (χ0v) is 10.3. The summed E-state index contributed by atoms with van der Waals surface area (Å²) in [5.74, 6) is -0.174. The molecule has 2 aromatic rings. The molecule has 0 aliphatic heterocycles. The Morgan fingerprint density at radius 3 is 3.00 bits per heavy atom. The molecule has 2 N–H and O–H groups in total. The predicted molar refractivity (Wildman–Crippen MR) is 68.3 cm³/mol. The average molecular weight is 250 g/mol. The van der Waals surface area contributed by atoms with Gasteiger partial charge < -0.3 is 10.4 Å². The lowest BCUT2D eigenvalue weighted by atomic mass is 10.3. The number of hydrogen-bond acceptors (Lipinski definition) is 4. The van der Waals surface area contributed by atoms with E-state index < -0.39 is 6.10 Å². The Morgan fingerprint density at radius 2 is 2.29 bits per heavy atom. The summed E-state index contributed by atoms with van der Waals surface area (Å²) in [6.45, 7) is 2.16. The minimum atomic E-state index is -0.398. The predicted octanol–water partition coefficient (Wildman–Crippen LogP) is 1.80. The molecule has 90 valence electrons. The van der Waals surface area contributed by atoms with E-state index >= 15 is 0 Å². The van der Waals surface area contributed by atoms with Gasteiger partial charge in [-0.25, -0.2) is 4.98 Å². The van der Waals surface area contributed by atoms with Crippen molar-refractivity contribution in [2.45, 2.75) is 19.4 Å². The van der Waals surface area contributed by atoms with E-state index in [1.165, 1.54) is 11.3 Å². The Bertz CT molecular complexity index is 489. The van der Waals surface area contributed by atoms with Gasteiger partial charge in [-0.3, -0.25) is 4.79 Å². The summed E-state index contributed by atoms with van der Waals surface area (Å²) >= 11 is 1.38. The monoisotopic (exact) mass is 250 g/mol. The summed E-state index contributed by atoms with van der Waals surface area (Å²) < 4.78 is 1.01. The van der Waals surface area contributed by atoms with Crippen molar-refractivity contribution in [1.29, 1.82) is 0 Å². The highest BCUT2D eigenvalue weighted by molar-refractivity contribution is 7.20. The van der Waals surface area contributed by atoms with E-state index in [1.807, 2.05) is 24.3 Å². The van der Waals surface area contributed by atoms with Crippen molar-refractivity contribution in [2.75, 3.05) is 6.54 Å². The molecule has 1 atom stereocenters. The summed E-state index contributed by atoms with van der Waals surface area (Å²) in [5.41, 5.74) is 0.846. The molecule has 1 amide bonds. The maximum Gasteiger partial charge on any atom is 0.280 e. The Kier molecular flexibility index (Phi) is 3.71. The minimum absolute atomic E-state index is 0.174. The number of nitrogens with one attached hydrogen (secondary N) is 1. The first-order chi connectivity index (χ1) is 8.16. The van der Waals surface area contributed by atoms with Gasteiger partial charge in [0.05, 0.1) is 16.3 Å². The normalized spacial score (nSPS) is 12.6. The summed E-state index contributed by atoms with van der Waals surface area (Å²) in [7, 11) is 0. The first-order valence-electron chi connectivity index (χ1n) is 5.48. The Labute approximate surface area is 103 Å². The lowest BCUT2D eigenvalue weighted by molar-refractivity contribution is 0.0945. The van der Waals surface area contributed by atoms with Gasteiger partial charge in [0, 0.05) is 6.54 Å². The fourth-order valence-corrected chi connectivity index (χ4v) is 2.32. The highest BCUT2D eigenvalue weighted by atomic mass is 32.1. The van der Waals surface area contributed by atoms with Crippen LogP contribution in [0.4, 0.5) is 0 Å². The number of para-hydroxylation sites is 1. The van der Waals surface area contributed by atoms with Crippen molar-refractivity contribution in [3.63, 3.8) is 0 Å². The lowest BCUT2D eigenvalue weighted by Crippen LogP contribution is -2.26. The number of fused-ring (bicyclic) bond motifs is 1. The van der Waals surface area contributed by atoms with Gasteiger partial charge in [0.15, 0.2) is 5.01 Å². The number of benzene rings is 1. The molecule has 1 heterocycles. The smallest absolute Gasteiger partial charge is 0.280 e. The zero-order chi connectivity index (χ0) is 12.3. The number of aromatic nitrogens is 1. The molecular weight excluding hydrogens is 236 g/mol. The van der Waals surface area contributed by atoms with E-state index in [0.29, 0.717) is 18.0 Å². The molecule has 1 unspecified atom stereocenters. The second kappa shape index (κ2) is 5.25. The molecule has 1 aromatic heterocycles. The summed E-state index contributed by atoms with van der Waals surface area (Å²) in [6.07, 6.45) is 0.155. The van der Waals surface area contributed by atoms with Crippen LogP contribution in [0.2, 0.25) is 0 Å². The van der Waals surface area contributed by atoms with E-state index in [4.69, 9.17) is 5.11 Å². The van der Waals surface area contributed by atoms with Gasteiger partial charge >= 0.3 is 0 Å². The molecule has 0 bridgehead atoms. The lowest BCUT2D eigenvalue weighted by Gasteiger charge is -2.04. The fourth-order valence-electron chi connectivity index (χ4n) is 1.44. The van der Waals surface area contributed by atoms with Crippen LogP contribution >= 0.6 is 11.3 Å². The average Bonchev–Trinajstić information content (AvgIpc) is 2.71. The van der Waals surface area contributed by atoms with Crippen LogP contribution in [-0.4, -0.2) is 28.6 Å². The molecular formula is C12H14N2O2S. The number of nitrogens with zero attached hydrogens (tertiary/aromatic N) is 1. The molecule has 0 fully saturated rings. The van der Waals surface area contributed by atoms with Crippen LogP contribution in [-0.2, 0) is 0 Å². The van der Waals surface area contributed by atoms with Crippen LogP contribution < -0.4 is 5.32 Å². The van der Waals surface area contributed by atoms with Crippen LogP contribution in [0.1, 0.15) is 23.1 Å². The summed E-state index contributed by atoms with van der Waals surface area (Å²) in [4.78, 5) is 16.0. The fraction of sp³-hybridized carbons (Fsp3) is 0.333. The van der Waals surface area contributed by atoms with Crippen LogP contribution in [0, 0.1) is 0 Å². The van der Waals surface area contributed by atoms with Gasteiger partial charge in [0.25, 0.3) is 5.91 Å². The maximum atomic E-state index is 11.8. The zero-order valence-electron chi connectivity index (χ0n) is 9.51. The number of thiazole rings is 1. The molecule has 17 heavy (non-hydrogen) atoms. The maximum absolute atomic E-state index is 11.8. The third-order valence-electron chi connectivity index (χ3n) is 2.34. The Hall–Kier alpha value is -1.46. The first kappa shape index (κ1) is 12.0. The van der Waals surface area contributed by atoms with Gasteiger partial charge in [-0.05, 0) is 25.5 Å². The molecule has 0 saturated heterocycles. The van der Waals surface area contributed by atoms with Gasteiger partial charge in [-0.1, -0.05) is 12.1 Å². The number of aliphatic hydroxyl groups excluding tert-OH is 1. The van der Waals surface area contributed by atoms with Crippen LogP contribution in [0.5, 0.6) is 0 Å². The van der Waals surface area contributed by atoms with E-state index in [9.17, 15) is 4.79 Å². The molecule has 2 rings (SSSR count). The van der Waals surface area contributed by atoms with Crippen molar-refractivity contribution in [3.05, 3.63) is 29.3 Å². The molecule has 0 radical (unpaired) electrons. The van der Waals surface area contributed by atoms with Crippen molar-refractivity contribution < 1.29 is 9.90 Å². The third kappa shape index (κ3) is 3.01. The Morgan fingerprint density at radius 1 is 1.53 bits per heavy atom. The van der Waals surface area contributed by atoms with Gasteiger partial charge in [0.2, 0.25) is 0 Å². The van der Waals surface area contributed by atoms with Crippen molar-refractivity contribution in [2.24, 2.45) is 0 Å².